The normalized spacial score (nSPS) is 15.5. The van der Waals surface area contributed by atoms with E-state index < -0.39 is 0 Å². The highest BCUT2D eigenvalue weighted by atomic mass is 127. The summed E-state index contributed by atoms with van der Waals surface area (Å²) in [5, 5.41) is 3.48. The largest absolute Gasteiger partial charge is 0.494 e. The van der Waals surface area contributed by atoms with Gasteiger partial charge in [-0.2, -0.15) is 0 Å². The van der Waals surface area contributed by atoms with E-state index in [1.807, 2.05) is 26.0 Å². The quantitative estimate of drug-likeness (QED) is 0.202. The molecule has 1 aliphatic rings. The van der Waals surface area contributed by atoms with E-state index in [-0.39, 0.29) is 9.96 Å². The van der Waals surface area contributed by atoms with Crippen LogP contribution in [-0.2, 0) is 0 Å². The standard InChI is InChI=1S/C23H31ClIN5O2/c1-15-10-19(11-16(2)21(15)22(31)29-20(25)12-26)32-9-3-4-17-5-7-30(8-6-17)23-27-13-18(24)14-28-23/h10-11,13-14,17,20H,3-9,12,26H2,1-2H3,(H,29,31)/t20-/m0/s1. The van der Waals surface area contributed by atoms with Crippen molar-refractivity contribution in [3.05, 3.63) is 46.2 Å². The first-order chi connectivity index (χ1) is 15.4. The Bertz CT molecular complexity index is 881. The van der Waals surface area contributed by atoms with Gasteiger partial charge in [0.1, 0.15) is 5.75 Å². The molecule has 2 heterocycles. The van der Waals surface area contributed by atoms with E-state index in [4.69, 9.17) is 22.1 Å². The van der Waals surface area contributed by atoms with Crippen molar-refractivity contribution in [1.29, 1.82) is 0 Å². The fourth-order valence-corrected chi connectivity index (χ4v) is 4.47. The van der Waals surface area contributed by atoms with Crippen LogP contribution < -0.4 is 20.7 Å². The number of alkyl halides is 1. The molecule has 0 bridgehead atoms. The molecule has 7 nitrogen and oxygen atoms in total. The zero-order chi connectivity index (χ0) is 23.1. The van der Waals surface area contributed by atoms with Gasteiger partial charge in [0.05, 0.1) is 28.1 Å². The van der Waals surface area contributed by atoms with Gasteiger partial charge in [-0.1, -0.05) is 34.2 Å². The molecule has 174 valence electrons. The molecule has 0 unspecified atom stereocenters. The Morgan fingerprint density at radius 3 is 2.50 bits per heavy atom. The van der Waals surface area contributed by atoms with E-state index in [1.54, 1.807) is 12.4 Å². The summed E-state index contributed by atoms with van der Waals surface area (Å²) < 4.78 is 5.92. The minimum absolute atomic E-state index is 0.0830. The Balaban J connectivity index is 1.42. The van der Waals surface area contributed by atoms with Gasteiger partial charge in [-0.25, -0.2) is 9.97 Å². The number of hydrogen-bond acceptors (Lipinski definition) is 6. The second kappa shape index (κ2) is 12.0. The van der Waals surface area contributed by atoms with Gasteiger partial charge in [0.25, 0.3) is 5.91 Å². The van der Waals surface area contributed by atoms with E-state index in [0.29, 0.717) is 29.7 Å². The molecule has 2 aromatic rings. The number of carbonyl (C=O) groups excluding carboxylic acids is 1. The van der Waals surface area contributed by atoms with Crippen LogP contribution in [0.1, 0.15) is 47.2 Å². The van der Waals surface area contributed by atoms with Crippen LogP contribution in [0.5, 0.6) is 5.75 Å². The van der Waals surface area contributed by atoms with Gasteiger partial charge in [0, 0.05) is 25.2 Å². The number of amides is 1. The molecule has 0 spiro atoms. The molecule has 1 fully saturated rings. The van der Waals surface area contributed by atoms with Gasteiger partial charge >= 0.3 is 0 Å². The summed E-state index contributed by atoms with van der Waals surface area (Å²) >= 11 is 8.00. The summed E-state index contributed by atoms with van der Waals surface area (Å²) in [6, 6.07) is 3.88. The third kappa shape index (κ3) is 6.92. The summed E-state index contributed by atoms with van der Waals surface area (Å²) in [5.41, 5.74) is 8.13. The Morgan fingerprint density at radius 2 is 1.91 bits per heavy atom. The van der Waals surface area contributed by atoms with Crippen LogP contribution in [0.3, 0.4) is 0 Å². The van der Waals surface area contributed by atoms with Crippen molar-refractivity contribution in [2.45, 2.75) is 43.6 Å². The molecular weight excluding hydrogens is 541 g/mol. The van der Waals surface area contributed by atoms with Crippen LogP contribution in [-0.4, -0.2) is 46.2 Å². The van der Waals surface area contributed by atoms with Crippen molar-refractivity contribution in [3.63, 3.8) is 0 Å². The van der Waals surface area contributed by atoms with Crippen molar-refractivity contribution in [2.75, 3.05) is 31.1 Å². The Hall–Kier alpha value is -1.65. The zero-order valence-corrected chi connectivity index (χ0v) is 21.5. The molecule has 9 heteroatoms. The fourth-order valence-electron chi connectivity index (χ4n) is 4.09. The number of nitrogens with one attached hydrogen (secondary N) is 1. The van der Waals surface area contributed by atoms with Crippen LogP contribution in [0.2, 0.25) is 5.02 Å². The number of anilines is 1. The maximum Gasteiger partial charge on any atom is 0.252 e. The number of carbonyl (C=O) groups is 1. The van der Waals surface area contributed by atoms with Crippen molar-refractivity contribution in [3.8, 4) is 5.75 Å². The number of nitrogens with zero attached hydrogens (tertiary/aromatic N) is 3. The monoisotopic (exact) mass is 571 g/mol. The van der Waals surface area contributed by atoms with Crippen LogP contribution in [0.25, 0.3) is 0 Å². The third-order valence-electron chi connectivity index (χ3n) is 5.76. The maximum absolute atomic E-state index is 12.5. The summed E-state index contributed by atoms with van der Waals surface area (Å²) in [4.78, 5) is 23.4. The van der Waals surface area contributed by atoms with Gasteiger partial charge < -0.3 is 20.7 Å². The molecule has 0 radical (unpaired) electrons. The number of aryl methyl sites for hydroxylation is 2. The highest BCUT2D eigenvalue weighted by molar-refractivity contribution is 14.1. The number of halogens is 2. The topological polar surface area (TPSA) is 93.4 Å². The molecule has 0 saturated carbocycles. The van der Waals surface area contributed by atoms with Crippen molar-refractivity contribution < 1.29 is 9.53 Å². The third-order valence-corrected chi connectivity index (χ3v) is 6.77. The molecule has 3 rings (SSSR count). The van der Waals surface area contributed by atoms with Crippen LogP contribution in [0.15, 0.2) is 24.5 Å². The van der Waals surface area contributed by atoms with Crippen LogP contribution >= 0.6 is 34.2 Å². The predicted octanol–water partition coefficient (Wildman–Crippen LogP) is 4.27. The van der Waals surface area contributed by atoms with Crippen LogP contribution in [0.4, 0.5) is 5.95 Å². The molecule has 0 aliphatic carbocycles. The lowest BCUT2D eigenvalue weighted by Crippen LogP contribution is -2.36. The number of nitrogens with two attached hydrogens (primary N) is 1. The molecular formula is C23H31ClIN5O2. The lowest BCUT2D eigenvalue weighted by molar-refractivity contribution is 0.0951. The summed E-state index contributed by atoms with van der Waals surface area (Å²) in [6.07, 6.45) is 7.72. The average molecular weight is 572 g/mol. The number of ether oxygens (including phenoxy) is 1. The molecule has 1 aromatic heterocycles. The first kappa shape index (κ1) is 25.0. The SMILES string of the molecule is Cc1cc(OCCCC2CCN(c3ncc(Cl)cn3)CC2)cc(C)c1C(=O)N[C@H](I)CN. The maximum atomic E-state index is 12.5. The van der Waals surface area contributed by atoms with E-state index in [2.05, 4.69) is 42.8 Å². The first-order valence-electron chi connectivity index (χ1n) is 11.0. The molecule has 1 atom stereocenters. The Morgan fingerprint density at radius 1 is 1.28 bits per heavy atom. The number of benzene rings is 1. The van der Waals surface area contributed by atoms with Gasteiger partial charge in [-0.05, 0) is 68.7 Å². The summed E-state index contributed by atoms with van der Waals surface area (Å²) in [5.74, 6) is 2.18. The average Bonchev–Trinajstić information content (AvgIpc) is 2.77. The predicted molar refractivity (Wildman–Crippen MR) is 137 cm³/mol. The van der Waals surface area contributed by atoms with Gasteiger partial charge in [-0.3, -0.25) is 4.79 Å². The van der Waals surface area contributed by atoms with E-state index >= 15 is 0 Å². The van der Waals surface area contributed by atoms with Crippen molar-refractivity contribution in [2.24, 2.45) is 11.7 Å². The van der Waals surface area contributed by atoms with Gasteiger partial charge in [-0.15, -0.1) is 0 Å². The van der Waals surface area contributed by atoms with E-state index in [9.17, 15) is 4.79 Å². The Kier molecular flexibility index (Phi) is 9.36. The summed E-state index contributed by atoms with van der Waals surface area (Å²) in [7, 11) is 0. The molecule has 1 saturated heterocycles. The molecule has 3 N–H and O–H groups in total. The molecule has 1 amide bonds. The smallest absolute Gasteiger partial charge is 0.252 e. The van der Waals surface area contributed by atoms with Crippen LogP contribution in [0, 0.1) is 19.8 Å². The highest BCUT2D eigenvalue weighted by Crippen LogP contribution is 2.26. The fraction of sp³-hybridized carbons (Fsp3) is 0.522. The molecule has 1 aliphatic heterocycles. The second-order valence-electron chi connectivity index (χ2n) is 8.23. The molecule has 32 heavy (non-hydrogen) atoms. The number of hydrogen-bond donors (Lipinski definition) is 2. The minimum Gasteiger partial charge on any atom is -0.494 e. The number of piperidine rings is 1. The zero-order valence-electron chi connectivity index (χ0n) is 18.6. The van der Waals surface area contributed by atoms with Crippen molar-refractivity contribution >= 4 is 46.0 Å². The number of aromatic nitrogens is 2. The van der Waals surface area contributed by atoms with Gasteiger partial charge in [0.15, 0.2) is 0 Å². The Labute approximate surface area is 208 Å². The summed E-state index contributed by atoms with van der Waals surface area (Å²) in [6.45, 7) is 6.90. The molecule has 1 aromatic carbocycles. The first-order valence-corrected chi connectivity index (χ1v) is 12.6. The number of rotatable bonds is 9. The second-order valence-corrected chi connectivity index (χ2v) is 10.2. The lowest BCUT2D eigenvalue weighted by atomic mass is 9.92. The van der Waals surface area contributed by atoms with E-state index in [1.165, 1.54) is 0 Å². The van der Waals surface area contributed by atoms with E-state index in [0.717, 1.165) is 61.6 Å². The lowest BCUT2D eigenvalue weighted by Gasteiger charge is -2.32. The highest BCUT2D eigenvalue weighted by Gasteiger charge is 2.21. The minimum atomic E-state index is -0.0910. The van der Waals surface area contributed by atoms with Crippen molar-refractivity contribution in [1.82, 2.24) is 15.3 Å². The van der Waals surface area contributed by atoms with Gasteiger partial charge in [0.2, 0.25) is 5.95 Å².